The second-order valence-electron chi connectivity index (χ2n) is 8.48. The van der Waals surface area contributed by atoms with E-state index in [-0.39, 0.29) is 22.8 Å². The van der Waals surface area contributed by atoms with E-state index in [9.17, 15) is 31.1 Å². The molecule has 2 aromatic carbocycles. The van der Waals surface area contributed by atoms with E-state index in [1.54, 1.807) is 30.7 Å². The fourth-order valence-electron chi connectivity index (χ4n) is 3.77. The van der Waals surface area contributed by atoms with Crippen molar-refractivity contribution in [1.82, 2.24) is 14.9 Å². The number of hydrogen-bond acceptors (Lipinski definition) is 6. The number of imidazole rings is 1. The van der Waals surface area contributed by atoms with Crippen molar-refractivity contribution in [3.05, 3.63) is 82.3 Å². The van der Waals surface area contributed by atoms with Crippen LogP contribution in [0.4, 0.5) is 31.1 Å². The molecule has 1 aliphatic heterocycles. The highest BCUT2D eigenvalue weighted by Gasteiger charge is 2.38. The Balaban J connectivity index is 1.46. The van der Waals surface area contributed by atoms with Crippen LogP contribution >= 0.6 is 11.8 Å². The van der Waals surface area contributed by atoms with E-state index in [4.69, 9.17) is 9.47 Å². The number of hydrogen-bond donors (Lipinski definition) is 1. The van der Waals surface area contributed by atoms with Crippen molar-refractivity contribution in [3.8, 4) is 11.5 Å². The molecule has 1 N–H and O–H groups in total. The number of ether oxygens (including phenoxy) is 2. The zero-order chi connectivity index (χ0) is 28.9. The molecule has 0 aliphatic carbocycles. The molecule has 4 rings (SSSR count). The Hall–Kier alpha value is -3.94. The summed E-state index contributed by atoms with van der Waals surface area (Å²) in [6.07, 6.45) is -2.24. The fourth-order valence-corrected chi connectivity index (χ4v) is 4.50. The normalized spacial score (nSPS) is 14.9. The van der Waals surface area contributed by atoms with E-state index in [0.717, 1.165) is 30.8 Å². The first-order valence-electron chi connectivity index (χ1n) is 11.7. The number of amidine groups is 1. The highest BCUT2D eigenvalue weighted by Crippen LogP contribution is 2.38. The minimum absolute atomic E-state index is 0.0661. The molecule has 0 fully saturated rings. The number of methoxy groups -OCH3 is 1. The van der Waals surface area contributed by atoms with E-state index in [2.05, 4.69) is 15.3 Å². The summed E-state index contributed by atoms with van der Waals surface area (Å²) >= 11 is 0.938. The Bertz CT molecular complexity index is 1420. The van der Waals surface area contributed by atoms with E-state index in [0.29, 0.717) is 28.9 Å². The van der Waals surface area contributed by atoms with Gasteiger partial charge in [0.05, 0.1) is 29.5 Å². The van der Waals surface area contributed by atoms with Crippen LogP contribution in [-0.4, -0.2) is 34.3 Å². The molecule has 0 saturated carbocycles. The molecule has 0 bridgehead atoms. The zero-order valence-corrected chi connectivity index (χ0v) is 21.7. The lowest BCUT2D eigenvalue weighted by Gasteiger charge is -2.17. The second kappa shape index (κ2) is 12.1. The number of nitrogens with one attached hydrogen (secondary N) is 1. The zero-order valence-electron chi connectivity index (χ0n) is 20.8. The molecule has 1 amide bonds. The molecule has 212 valence electrons. The van der Waals surface area contributed by atoms with Gasteiger partial charge in [-0.25, -0.2) is 4.98 Å². The molecule has 0 atom stereocenters. The van der Waals surface area contributed by atoms with Crippen LogP contribution in [0.25, 0.3) is 6.08 Å². The van der Waals surface area contributed by atoms with Crippen molar-refractivity contribution in [1.29, 1.82) is 0 Å². The summed E-state index contributed by atoms with van der Waals surface area (Å²) in [6, 6.07) is 6.00. The lowest BCUT2D eigenvalue weighted by molar-refractivity contribution is -0.143. The van der Waals surface area contributed by atoms with Gasteiger partial charge in [0.15, 0.2) is 11.5 Å². The third-order valence-electron chi connectivity index (χ3n) is 5.69. The van der Waals surface area contributed by atoms with E-state index >= 15 is 0 Å². The number of aliphatic imine (C=N–C) groups is 1. The molecular weight excluding hydrogens is 562 g/mol. The highest BCUT2D eigenvalue weighted by molar-refractivity contribution is 8.18. The summed E-state index contributed by atoms with van der Waals surface area (Å²) in [7, 11) is 1.33. The van der Waals surface area contributed by atoms with Gasteiger partial charge in [0.2, 0.25) is 0 Å². The SMILES string of the molecule is COc1cc(/C=C2\SC(=O)N=C2NCCCn2ccnc2)ccc1OCc1ccc(C(F)(F)F)cc1C(F)(F)F. The van der Waals surface area contributed by atoms with Crippen molar-refractivity contribution < 1.29 is 40.6 Å². The molecule has 2 heterocycles. The van der Waals surface area contributed by atoms with Gasteiger partial charge >= 0.3 is 17.6 Å². The van der Waals surface area contributed by atoms with Crippen molar-refractivity contribution in [2.75, 3.05) is 13.7 Å². The quantitative estimate of drug-likeness (QED) is 0.220. The first-order chi connectivity index (χ1) is 18.9. The number of nitrogens with zero attached hydrogens (tertiary/aromatic N) is 3. The van der Waals surface area contributed by atoms with Crippen LogP contribution < -0.4 is 14.8 Å². The number of thioether (sulfide) groups is 1. The van der Waals surface area contributed by atoms with Crippen LogP contribution in [0, 0.1) is 0 Å². The molecule has 0 saturated heterocycles. The standard InChI is InChI=1S/C26H22F6N4O3S/c1-38-21-11-16(12-22-23(35-24(37)40-22)34-7-2-9-36-10-8-33-15-36)3-6-20(21)39-14-17-4-5-18(25(27,28)29)13-19(17)26(30,31)32/h3-6,8,10-13,15H,2,7,9,14H2,1H3,(H,34,35,37)/b22-12-. The van der Waals surface area contributed by atoms with Crippen LogP contribution in [0.2, 0.25) is 0 Å². The topological polar surface area (TPSA) is 77.7 Å². The van der Waals surface area contributed by atoms with Gasteiger partial charge in [-0.15, -0.1) is 0 Å². The number of aromatic nitrogens is 2. The average Bonchev–Trinajstić information content (AvgIpc) is 3.53. The molecule has 1 aromatic heterocycles. The van der Waals surface area contributed by atoms with Gasteiger partial charge in [0, 0.05) is 31.0 Å². The third kappa shape index (κ3) is 7.37. The van der Waals surface area contributed by atoms with Gasteiger partial charge in [-0.3, -0.25) is 4.79 Å². The Morgan fingerprint density at radius 3 is 2.52 bits per heavy atom. The number of rotatable bonds is 9. The average molecular weight is 585 g/mol. The monoisotopic (exact) mass is 584 g/mol. The summed E-state index contributed by atoms with van der Waals surface area (Å²) < 4.78 is 91.9. The van der Waals surface area contributed by atoms with E-state index in [1.165, 1.54) is 13.2 Å². The number of carbonyl (C=O) groups is 1. The maximum Gasteiger partial charge on any atom is 0.416 e. The van der Waals surface area contributed by atoms with Crippen molar-refractivity contribution in [3.63, 3.8) is 0 Å². The van der Waals surface area contributed by atoms with E-state index in [1.807, 2.05) is 10.8 Å². The van der Waals surface area contributed by atoms with Crippen molar-refractivity contribution in [2.24, 2.45) is 4.99 Å². The smallest absolute Gasteiger partial charge is 0.416 e. The summed E-state index contributed by atoms with van der Waals surface area (Å²) in [5.74, 6) is 0.678. The van der Waals surface area contributed by atoms with Crippen molar-refractivity contribution in [2.45, 2.75) is 31.9 Å². The predicted molar refractivity (Wildman–Crippen MR) is 137 cm³/mol. The highest BCUT2D eigenvalue weighted by atomic mass is 32.2. The molecule has 14 heteroatoms. The number of carbonyl (C=O) groups excluding carboxylic acids is 1. The summed E-state index contributed by atoms with van der Waals surface area (Å²) in [6.45, 7) is 0.645. The maximum absolute atomic E-state index is 13.5. The lowest BCUT2D eigenvalue weighted by Crippen LogP contribution is -2.24. The number of halogens is 6. The van der Waals surface area contributed by atoms with Gasteiger partial charge in [0.25, 0.3) is 0 Å². The Kier molecular flexibility index (Phi) is 8.76. The van der Waals surface area contributed by atoms with Crippen LogP contribution in [0.15, 0.2) is 65.0 Å². The number of benzene rings is 2. The minimum Gasteiger partial charge on any atom is -0.493 e. The largest absolute Gasteiger partial charge is 0.493 e. The van der Waals surface area contributed by atoms with Crippen LogP contribution in [0.5, 0.6) is 11.5 Å². The van der Waals surface area contributed by atoms with Gasteiger partial charge in [0.1, 0.15) is 12.4 Å². The lowest BCUT2D eigenvalue weighted by atomic mass is 10.0. The molecule has 0 unspecified atom stereocenters. The molecule has 40 heavy (non-hydrogen) atoms. The Labute approximate surface area is 228 Å². The second-order valence-corrected chi connectivity index (χ2v) is 9.48. The maximum atomic E-state index is 13.5. The van der Waals surface area contributed by atoms with Gasteiger partial charge < -0.3 is 19.4 Å². The number of aryl methyl sites for hydroxylation is 1. The van der Waals surface area contributed by atoms with Gasteiger partial charge in [-0.1, -0.05) is 12.1 Å². The summed E-state index contributed by atoms with van der Waals surface area (Å²) in [5, 5.41) is 2.76. The van der Waals surface area contributed by atoms with Gasteiger partial charge in [-0.05, 0) is 54.1 Å². The fraction of sp³-hybridized carbons (Fsp3) is 0.269. The molecule has 1 aliphatic rings. The first kappa shape index (κ1) is 29.1. The number of alkyl halides is 6. The minimum atomic E-state index is -5.01. The molecule has 0 radical (unpaired) electrons. The van der Waals surface area contributed by atoms with E-state index < -0.39 is 35.6 Å². The molecule has 3 aromatic rings. The van der Waals surface area contributed by atoms with Crippen LogP contribution in [0.3, 0.4) is 0 Å². The first-order valence-corrected chi connectivity index (χ1v) is 12.6. The summed E-state index contributed by atoms with van der Waals surface area (Å²) in [5.41, 5.74) is -2.71. The van der Waals surface area contributed by atoms with Crippen LogP contribution in [-0.2, 0) is 25.5 Å². The van der Waals surface area contributed by atoms with Gasteiger partial charge in [-0.2, -0.15) is 31.3 Å². The Morgan fingerprint density at radius 1 is 1.05 bits per heavy atom. The Morgan fingerprint density at radius 2 is 1.85 bits per heavy atom. The molecule has 7 nitrogen and oxygen atoms in total. The molecule has 0 spiro atoms. The third-order valence-corrected chi connectivity index (χ3v) is 6.49. The predicted octanol–water partition coefficient (Wildman–Crippen LogP) is 6.79. The molecular formula is C26H22F6N4O3S. The number of amides is 1. The summed E-state index contributed by atoms with van der Waals surface area (Å²) in [4.78, 5) is 20.5. The van der Waals surface area contributed by atoms with Crippen molar-refractivity contribution >= 4 is 28.9 Å². The van der Waals surface area contributed by atoms with Crippen LogP contribution in [0.1, 0.15) is 28.7 Å².